The number of hydrogen-bond donors (Lipinski definition) is 1. The first-order chi connectivity index (χ1) is 20.3. The maximum absolute atomic E-state index is 7.55. The molecule has 8 bridgehead atoms. The second-order valence-electron chi connectivity index (χ2n) is 11.0. The van der Waals surface area contributed by atoms with Crippen LogP contribution in [0.3, 0.4) is 0 Å². The fraction of sp³-hybridized carbons (Fsp3) is 0.444. The molecule has 0 spiro atoms. The molecule has 0 fully saturated rings. The first-order valence-corrected chi connectivity index (χ1v) is 16.7. The Morgan fingerprint density at radius 3 is 1.57 bits per heavy atom. The van der Waals surface area contributed by atoms with Crippen molar-refractivity contribution in [1.82, 2.24) is 19.5 Å². The highest BCUT2D eigenvalue weighted by molar-refractivity contribution is 6.36. The van der Waals surface area contributed by atoms with Gasteiger partial charge in [-0.2, -0.15) is 0 Å². The zero-order valence-electron chi connectivity index (χ0n) is 26.5. The fourth-order valence-electron chi connectivity index (χ4n) is 7.17. The van der Waals surface area contributed by atoms with Crippen LogP contribution in [0.1, 0.15) is 121 Å². The average molecular weight is 604 g/mol. The maximum Gasteiger partial charge on any atom is 0.0905 e. The number of aromatic nitrogens is 4. The minimum atomic E-state index is 0.670. The molecular weight excluding hydrogens is 559 g/mol. The van der Waals surface area contributed by atoms with E-state index in [2.05, 4.69) is 83.1 Å². The van der Waals surface area contributed by atoms with Crippen molar-refractivity contribution in [2.24, 2.45) is 0 Å². The molecule has 2 aliphatic rings. The van der Waals surface area contributed by atoms with Crippen molar-refractivity contribution in [3.8, 4) is 0 Å². The van der Waals surface area contributed by atoms with E-state index in [0.717, 1.165) is 95.8 Å². The van der Waals surface area contributed by atoms with Gasteiger partial charge in [-0.05, 0) is 103 Å². The molecule has 0 aliphatic carbocycles. The van der Waals surface area contributed by atoms with E-state index < -0.39 is 0 Å². The number of allylic oxidation sites excluding steroid dienone is 4. The van der Waals surface area contributed by atoms with E-state index in [1.54, 1.807) is 0 Å². The maximum atomic E-state index is 7.55. The summed E-state index contributed by atoms with van der Waals surface area (Å²) in [6.45, 7) is 18.6. The summed E-state index contributed by atoms with van der Waals surface area (Å²) in [4.78, 5) is 14.3. The van der Waals surface area contributed by atoms with Gasteiger partial charge in [0.15, 0.2) is 0 Å². The molecule has 4 nitrogen and oxygen atoms in total. The lowest BCUT2D eigenvalue weighted by Crippen LogP contribution is -1.98. The van der Waals surface area contributed by atoms with Gasteiger partial charge in [-0.3, -0.25) is 0 Å². The Kier molecular flexibility index (Phi) is 9.06. The largest absolute Gasteiger partial charge is 0.354 e. The molecule has 0 unspecified atom stereocenters. The molecule has 42 heavy (non-hydrogen) atoms. The van der Waals surface area contributed by atoms with Gasteiger partial charge in [-0.25, -0.2) is 9.97 Å². The van der Waals surface area contributed by atoms with Crippen LogP contribution >= 0.6 is 23.2 Å². The molecule has 0 aromatic carbocycles. The van der Waals surface area contributed by atoms with Crippen LogP contribution in [0.4, 0.5) is 0 Å². The van der Waals surface area contributed by atoms with Gasteiger partial charge in [0.2, 0.25) is 0 Å². The molecule has 2 aliphatic heterocycles. The Hall–Kier alpha value is -2.82. The molecule has 0 saturated carbocycles. The van der Waals surface area contributed by atoms with Crippen molar-refractivity contribution in [3.05, 3.63) is 67.7 Å². The third-order valence-corrected chi connectivity index (χ3v) is 9.80. The van der Waals surface area contributed by atoms with Crippen molar-refractivity contribution >= 4 is 67.6 Å². The van der Waals surface area contributed by atoms with Crippen molar-refractivity contribution in [3.63, 3.8) is 0 Å². The lowest BCUT2D eigenvalue weighted by atomic mass is 9.93. The molecule has 222 valence electrons. The number of H-pyrrole nitrogens is 1. The Morgan fingerprint density at radius 2 is 1.10 bits per heavy atom. The molecule has 5 rings (SSSR count). The number of aryl methyl sites for hydroxylation is 3. The summed E-state index contributed by atoms with van der Waals surface area (Å²) in [7, 11) is 0. The summed E-state index contributed by atoms with van der Waals surface area (Å²) in [5.74, 6) is 0. The van der Waals surface area contributed by atoms with E-state index in [4.69, 9.17) is 33.2 Å². The van der Waals surface area contributed by atoms with Crippen LogP contribution in [0.15, 0.2) is 18.2 Å². The van der Waals surface area contributed by atoms with Gasteiger partial charge < -0.3 is 9.55 Å². The first kappa shape index (κ1) is 30.6. The number of hydrogen-bond acceptors (Lipinski definition) is 2. The summed E-state index contributed by atoms with van der Waals surface area (Å²) in [5, 5.41) is 1.43. The van der Waals surface area contributed by atoms with Crippen molar-refractivity contribution in [2.45, 2.75) is 107 Å². The molecule has 0 amide bonds. The van der Waals surface area contributed by atoms with E-state index in [0.29, 0.717) is 5.02 Å². The summed E-state index contributed by atoms with van der Waals surface area (Å²) in [5.41, 5.74) is 17.0. The fourth-order valence-corrected chi connectivity index (χ4v) is 7.81. The summed E-state index contributed by atoms with van der Waals surface area (Å²) >= 11 is 14.8. The molecule has 1 N–H and O–H groups in total. The molecule has 0 radical (unpaired) electrons. The lowest BCUT2D eigenvalue weighted by Gasteiger charge is -2.10. The number of aromatic amines is 1. The second kappa shape index (κ2) is 12.4. The van der Waals surface area contributed by atoms with Gasteiger partial charge in [-0.15, -0.1) is 0 Å². The molecule has 3 aromatic rings. The van der Waals surface area contributed by atoms with Crippen LogP contribution in [0.25, 0.3) is 44.4 Å². The zero-order valence-corrected chi connectivity index (χ0v) is 28.0. The Morgan fingerprint density at radius 1 is 0.595 bits per heavy atom. The smallest absolute Gasteiger partial charge is 0.0905 e. The van der Waals surface area contributed by atoms with Gasteiger partial charge in [0.05, 0.1) is 43.9 Å². The molecule has 6 heteroatoms. The quantitative estimate of drug-likeness (QED) is 0.278. The lowest BCUT2D eigenvalue weighted by molar-refractivity contribution is 0.821. The van der Waals surface area contributed by atoms with E-state index in [9.17, 15) is 0 Å². The zero-order chi connectivity index (χ0) is 30.3. The van der Waals surface area contributed by atoms with Crippen molar-refractivity contribution in [1.29, 1.82) is 0 Å². The molecular formula is C36H44Cl2N4. The van der Waals surface area contributed by atoms with Crippen LogP contribution in [-0.4, -0.2) is 19.5 Å². The molecule has 0 atom stereocenters. The van der Waals surface area contributed by atoms with Crippen LogP contribution in [0, 0.1) is 0 Å². The SMILES string of the molecule is CCC1=C(CC)c2nc1c(CC)c1nc(c(Cl)c3c(CC)c(CC)c(cc4ccc([nH]4)c2Cl)n3CC)C(CC)=C1CC. The van der Waals surface area contributed by atoms with Gasteiger partial charge in [0, 0.05) is 23.1 Å². The first-order valence-electron chi connectivity index (χ1n) is 15.9. The third kappa shape index (κ3) is 4.66. The second-order valence-corrected chi connectivity index (χ2v) is 11.8. The number of nitrogens with one attached hydrogen (secondary N) is 1. The third-order valence-electron chi connectivity index (χ3n) is 9.06. The minimum absolute atomic E-state index is 0.670. The topological polar surface area (TPSA) is 46.5 Å². The van der Waals surface area contributed by atoms with Gasteiger partial charge in [-0.1, -0.05) is 71.7 Å². The predicted octanol–water partition coefficient (Wildman–Crippen LogP) is 11.3. The minimum Gasteiger partial charge on any atom is -0.354 e. The van der Waals surface area contributed by atoms with Crippen molar-refractivity contribution in [2.75, 3.05) is 0 Å². The Bertz CT molecular complexity index is 1780. The van der Waals surface area contributed by atoms with Crippen LogP contribution in [-0.2, 0) is 25.8 Å². The van der Waals surface area contributed by atoms with E-state index in [1.807, 2.05) is 0 Å². The number of fused-ring (bicyclic) bond motifs is 8. The Balaban J connectivity index is 2.15. The number of halogens is 2. The summed E-state index contributed by atoms with van der Waals surface area (Å²) < 4.78 is 2.38. The number of nitrogens with zero attached hydrogens (tertiary/aromatic N) is 3. The van der Waals surface area contributed by atoms with Gasteiger partial charge in [0.25, 0.3) is 0 Å². The Labute approximate surface area is 260 Å². The number of rotatable bonds is 8. The average Bonchev–Trinajstić information content (AvgIpc) is 3.77. The van der Waals surface area contributed by atoms with Crippen LogP contribution < -0.4 is 0 Å². The van der Waals surface area contributed by atoms with Crippen LogP contribution in [0.2, 0.25) is 10.0 Å². The monoisotopic (exact) mass is 602 g/mol. The summed E-state index contributed by atoms with van der Waals surface area (Å²) in [6.07, 6.45) is 6.17. The molecule has 0 saturated heterocycles. The normalized spacial score (nSPS) is 13.6. The van der Waals surface area contributed by atoms with Gasteiger partial charge >= 0.3 is 0 Å². The standard InChI is InChI=1S/C36H44Cl2N4/c1-9-21-26(14-6)36-31(38)35-25(13-5)23(11-3)33(41-35)27(15-7)32-22(10-2)24(12-4)34(40-32)30(37)28-18-17-20(39-28)19-29(21)42(36)16-8/h17-19,39H,9-16H2,1-8H3. The highest BCUT2D eigenvalue weighted by Gasteiger charge is 2.29. The van der Waals surface area contributed by atoms with Gasteiger partial charge in [0.1, 0.15) is 0 Å². The molecule has 3 aromatic heterocycles. The van der Waals surface area contributed by atoms with E-state index >= 15 is 0 Å². The van der Waals surface area contributed by atoms with Crippen molar-refractivity contribution < 1.29 is 0 Å². The summed E-state index contributed by atoms with van der Waals surface area (Å²) in [6, 6.07) is 6.45. The molecule has 5 heterocycles. The highest BCUT2D eigenvalue weighted by Crippen LogP contribution is 2.45. The predicted molar refractivity (Wildman–Crippen MR) is 183 cm³/mol. The van der Waals surface area contributed by atoms with Crippen LogP contribution in [0.5, 0.6) is 0 Å². The van der Waals surface area contributed by atoms with E-state index in [-0.39, 0.29) is 0 Å². The van der Waals surface area contributed by atoms with E-state index in [1.165, 1.54) is 44.5 Å². The highest BCUT2D eigenvalue weighted by atomic mass is 35.5.